The lowest BCUT2D eigenvalue weighted by atomic mass is 10.2. The SMILES string of the molecule is COc1ccc2c(c1)nc(NCCO)n2Cc1ccccc1. The number of aliphatic hydroxyl groups excluding tert-OH is 1. The van der Waals surface area contributed by atoms with E-state index in [0.717, 1.165) is 29.3 Å². The van der Waals surface area contributed by atoms with E-state index < -0.39 is 0 Å². The predicted octanol–water partition coefficient (Wildman–Crippen LogP) is 2.50. The lowest BCUT2D eigenvalue weighted by molar-refractivity contribution is 0.310. The van der Waals surface area contributed by atoms with E-state index in [9.17, 15) is 0 Å². The molecule has 22 heavy (non-hydrogen) atoms. The van der Waals surface area contributed by atoms with Gasteiger partial charge >= 0.3 is 0 Å². The Morgan fingerprint density at radius 3 is 2.73 bits per heavy atom. The predicted molar refractivity (Wildman–Crippen MR) is 87.4 cm³/mol. The summed E-state index contributed by atoms with van der Waals surface area (Å²) in [7, 11) is 1.65. The van der Waals surface area contributed by atoms with Gasteiger partial charge in [-0.25, -0.2) is 4.98 Å². The van der Waals surface area contributed by atoms with Gasteiger partial charge in [-0.2, -0.15) is 0 Å². The maximum atomic E-state index is 9.05. The molecule has 114 valence electrons. The number of hydrogen-bond acceptors (Lipinski definition) is 4. The van der Waals surface area contributed by atoms with Gasteiger partial charge in [0.25, 0.3) is 0 Å². The zero-order valence-electron chi connectivity index (χ0n) is 12.5. The van der Waals surface area contributed by atoms with Crippen LogP contribution in [0.3, 0.4) is 0 Å². The zero-order chi connectivity index (χ0) is 15.4. The van der Waals surface area contributed by atoms with Crippen LogP contribution in [0.15, 0.2) is 48.5 Å². The van der Waals surface area contributed by atoms with Crippen molar-refractivity contribution in [2.75, 3.05) is 25.6 Å². The molecule has 1 heterocycles. The van der Waals surface area contributed by atoms with Crippen LogP contribution in [0.5, 0.6) is 5.75 Å². The molecule has 0 amide bonds. The Kier molecular flexibility index (Phi) is 4.25. The highest BCUT2D eigenvalue weighted by molar-refractivity contribution is 5.80. The molecule has 0 unspecified atom stereocenters. The smallest absolute Gasteiger partial charge is 0.204 e. The molecule has 0 radical (unpaired) electrons. The molecular weight excluding hydrogens is 278 g/mol. The number of imidazole rings is 1. The van der Waals surface area contributed by atoms with Crippen molar-refractivity contribution in [2.24, 2.45) is 0 Å². The second-order valence-corrected chi connectivity index (χ2v) is 5.01. The number of hydrogen-bond donors (Lipinski definition) is 2. The van der Waals surface area contributed by atoms with Crippen LogP contribution in [-0.2, 0) is 6.54 Å². The molecule has 0 bridgehead atoms. The number of nitrogens with one attached hydrogen (secondary N) is 1. The highest BCUT2D eigenvalue weighted by Gasteiger charge is 2.11. The quantitative estimate of drug-likeness (QED) is 0.734. The summed E-state index contributed by atoms with van der Waals surface area (Å²) in [5.41, 5.74) is 3.10. The Balaban J connectivity index is 2.03. The molecule has 5 heteroatoms. The number of anilines is 1. The van der Waals surface area contributed by atoms with Crippen LogP contribution in [-0.4, -0.2) is 34.9 Å². The van der Waals surface area contributed by atoms with Gasteiger partial charge in [-0.15, -0.1) is 0 Å². The first-order chi connectivity index (χ1) is 10.8. The molecule has 2 N–H and O–H groups in total. The van der Waals surface area contributed by atoms with Crippen LogP contribution in [0.4, 0.5) is 5.95 Å². The standard InChI is InChI=1S/C17H19N3O2/c1-22-14-7-8-16-15(11-14)19-17(18-9-10-21)20(16)12-13-5-3-2-4-6-13/h2-8,11,21H,9-10,12H2,1H3,(H,18,19). The molecule has 0 atom stereocenters. The summed E-state index contributed by atoms with van der Waals surface area (Å²) in [6.07, 6.45) is 0. The molecule has 3 rings (SSSR count). The summed E-state index contributed by atoms with van der Waals surface area (Å²) in [4.78, 5) is 4.62. The fourth-order valence-corrected chi connectivity index (χ4v) is 2.47. The molecular formula is C17H19N3O2. The van der Waals surface area contributed by atoms with Gasteiger partial charge in [0.2, 0.25) is 5.95 Å². The van der Waals surface area contributed by atoms with E-state index >= 15 is 0 Å². The first kappa shape index (κ1) is 14.4. The van der Waals surface area contributed by atoms with Crippen LogP contribution in [0, 0.1) is 0 Å². The molecule has 0 aliphatic rings. The van der Waals surface area contributed by atoms with E-state index in [1.165, 1.54) is 5.56 Å². The third kappa shape index (κ3) is 2.89. The first-order valence-electron chi connectivity index (χ1n) is 7.25. The second kappa shape index (κ2) is 6.49. The summed E-state index contributed by atoms with van der Waals surface area (Å²) in [6, 6.07) is 16.1. The van der Waals surface area contributed by atoms with Gasteiger partial charge in [-0.3, -0.25) is 0 Å². The molecule has 0 spiro atoms. The molecule has 2 aromatic carbocycles. The summed E-state index contributed by atoms with van der Waals surface area (Å²) in [5, 5.41) is 12.2. The zero-order valence-corrected chi connectivity index (χ0v) is 12.5. The fraction of sp³-hybridized carbons (Fsp3) is 0.235. The van der Waals surface area contributed by atoms with Crippen molar-refractivity contribution in [3.8, 4) is 5.75 Å². The van der Waals surface area contributed by atoms with Gasteiger partial charge in [-0.1, -0.05) is 30.3 Å². The average molecular weight is 297 g/mol. The molecule has 3 aromatic rings. The van der Waals surface area contributed by atoms with Crippen molar-refractivity contribution in [3.63, 3.8) is 0 Å². The minimum absolute atomic E-state index is 0.0673. The van der Waals surface area contributed by atoms with Crippen LogP contribution < -0.4 is 10.1 Å². The molecule has 0 fully saturated rings. The highest BCUT2D eigenvalue weighted by atomic mass is 16.5. The Labute approximate surface area is 129 Å². The van der Waals surface area contributed by atoms with E-state index in [2.05, 4.69) is 27.0 Å². The van der Waals surface area contributed by atoms with E-state index in [1.807, 2.05) is 36.4 Å². The van der Waals surface area contributed by atoms with E-state index in [4.69, 9.17) is 9.84 Å². The fourth-order valence-electron chi connectivity index (χ4n) is 2.47. The van der Waals surface area contributed by atoms with Crippen molar-refractivity contribution in [1.82, 2.24) is 9.55 Å². The summed E-state index contributed by atoms with van der Waals surface area (Å²) in [5.74, 6) is 1.53. The minimum atomic E-state index is 0.0673. The molecule has 0 saturated heterocycles. The monoisotopic (exact) mass is 297 g/mol. The topological polar surface area (TPSA) is 59.3 Å². The summed E-state index contributed by atoms with van der Waals surface area (Å²) >= 11 is 0. The largest absolute Gasteiger partial charge is 0.497 e. The Morgan fingerprint density at radius 2 is 2.00 bits per heavy atom. The number of nitrogens with zero attached hydrogens (tertiary/aromatic N) is 2. The normalized spacial score (nSPS) is 10.8. The van der Waals surface area contributed by atoms with Crippen LogP contribution in [0.1, 0.15) is 5.56 Å². The van der Waals surface area contributed by atoms with Gasteiger partial charge in [0.05, 0.1) is 31.3 Å². The summed E-state index contributed by atoms with van der Waals surface area (Å²) in [6.45, 7) is 1.25. The Bertz CT molecular complexity index is 753. The van der Waals surface area contributed by atoms with Crippen molar-refractivity contribution in [2.45, 2.75) is 6.54 Å². The van der Waals surface area contributed by atoms with E-state index in [-0.39, 0.29) is 6.61 Å². The average Bonchev–Trinajstić information content (AvgIpc) is 2.90. The van der Waals surface area contributed by atoms with Crippen molar-refractivity contribution < 1.29 is 9.84 Å². The Morgan fingerprint density at radius 1 is 1.18 bits per heavy atom. The van der Waals surface area contributed by atoms with Crippen molar-refractivity contribution in [3.05, 3.63) is 54.1 Å². The van der Waals surface area contributed by atoms with Gasteiger partial charge in [0, 0.05) is 12.6 Å². The maximum Gasteiger partial charge on any atom is 0.204 e. The summed E-state index contributed by atoms with van der Waals surface area (Å²) < 4.78 is 7.37. The van der Waals surface area contributed by atoms with Crippen molar-refractivity contribution >= 4 is 17.0 Å². The molecule has 5 nitrogen and oxygen atoms in total. The number of aliphatic hydroxyl groups is 1. The third-order valence-electron chi connectivity index (χ3n) is 3.53. The van der Waals surface area contributed by atoms with Gasteiger partial charge < -0.3 is 19.7 Å². The van der Waals surface area contributed by atoms with Crippen LogP contribution in [0.2, 0.25) is 0 Å². The lowest BCUT2D eigenvalue weighted by Gasteiger charge is -2.10. The number of aromatic nitrogens is 2. The molecule has 0 saturated carbocycles. The minimum Gasteiger partial charge on any atom is -0.497 e. The van der Waals surface area contributed by atoms with Crippen molar-refractivity contribution in [1.29, 1.82) is 0 Å². The van der Waals surface area contributed by atoms with Crippen LogP contribution >= 0.6 is 0 Å². The Hall–Kier alpha value is -2.53. The van der Waals surface area contributed by atoms with Gasteiger partial charge in [-0.05, 0) is 17.7 Å². The number of methoxy groups -OCH3 is 1. The number of ether oxygens (including phenoxy) is 1. The third-order valence-corrected chi connectivity index (χ3v) is 3.53. The lowest BCUT2D eigenvalue weighted by Crippen LogP contribution is -2.12. The number of benzene rings is 2. The van der Waals surface area contributed by atoms with Gasteiger partial charge in [0.15, 0.2) is 0 Å². The molecule has 0 aliphatic carbocycles. The highest BCUT2D eigenvalue weighted by Crippen LogP contribution is 2.25. The molecule has 1 aromatic heterocycles. The van der Waals surface area contributed by atoms with E-state index in [1.54, 1.807) is 7.11 Å². The number of rotatable bonds is 6. The second-order valence-electron chi connectivity index (χ2n) is 5.01. The number of fused-ring (bicyclic) bond motifs is 1. The van der Waals surface area contributed by atoms with Crippen LogP contribution in [0.25, 0.3) is 11.0 Å². The van der Waals surface area contributed by atoms with Gasteiger partial charge in [0.1, 0.15) is 5.75 Å². The van der Waals surface area contributed by atoms with E-state index in [0.29, 0.717) is 6.54 Å². The first-order valence-corrected chi connectivity index (χ1v) is 7.25. The molecule has 0 aliphatic heterocycles. The maximum absolute atomic E-state index is 9.05.